The Morgan fingerprint density at radius 1 is 1.19 bits per heavy atom. The molecule has 5 nitrogen and oxygen atoms in total. The van der Waals surface area contributed by atoms with Gasteiger partial charge in [-0.05, 0) is 30.3 Å². The number of anilines is 1. The van der Waals surface area contributed by atoms with E-state index >= 15 is 0 Å². The highest BCUT2D eigenvalue weighted by Gasteiger charge is 2.09. The van der Waals surface area contributed by atoms with E-state index < -0.39 is 16.6 Å². The smallest absolute Gasteiger partial charge is 0.276 e. The van der Waals surface area contributed by atoms with Crippen LogP contribution in [0.15, 0.2) is 54.6 Å². The van der Waals surface area contributed by atoms with Gasteiger partial charge in [0.05, 0.1) is 10.5 Å². The second-order valence-electron chi connectivity index (χ2n) is 4.15. The van der Waals surface area contributed by atoms with Gasteiger partial charge < -0.3 is 5.32 Å². The molecule has 2 aromatic carbocycles. The predicted octanol–water partition coefficient (Wildman–Crippen LogP) is 3.39. The fraction of sp³-hybridized carbons (Fsp3) is 0. The summed E-state index contributed by atoms with van der Waals surface area (Å²) < 4.78 is 13.0. The third-order valence-electron chi connectivity index (χ3n) is 2.64. The normalized spacial score (nSPS) is 10.5. The zero-order valence-electron chi connectivity index (χ0n) is 10.8. The molecule has 0 bridgehead atoms. The van der Waals surface area contributed by atoms with Crippen molar-refractivity contribution in [2.24, 2.45) is 0 Å². The molecule has 0 fully saturated rings. The van der Waals surface area contributed by atoms with Crippen LogP contribution in [0.3, 0.4) is 0 Å². The minimum Gasteiger partial charge on any atom is -0.322 e. The topological polar surface area (TPSA) is 72.2 Å². The lowest BCUT2D eigenvalue weighted by Gasteiger charge is -2.01. The van der Waals surface area contributed by atoms with Crippen LogP contribution in [0.5, 0.6) is 0 Å². The molecule has 0 radical (unpaired) electrons. The van der Waals surface area contributed by atoms with Crippen LogP contribution in [0.25, 0.3) is 6.08 Å². The molecule has 1 N–H and O–H groups in total. The van der Waals surface area contributed by atoms with Crippen molar-refractivity contribution in [2.45, 2.75) is 0 Å². The van der Waals surface area contributed by atoms with Crippen LogP contribution in [0.4, 0.5) is 15.8 Å². The van der Waals surface area contributed by atoms with Crippen molar-refractivity contribution in [1.82, 2.24) is 0 Å². The number of hydrogen-bond acceptors (Lipinski definition) is 3. The summed E-state index contributed by atoms with van der Waals surface area (Å²) in [5.74, 6) is -0.964. The Kier molecular flexibility index (Phi) is 4.40. The fourth-order valence-corrected chi connectivity index (χ4v) is 1.71. The summed E-state index contributed by atoms with van der Waals surface area (Å²) in [7, 11) is 0. The first kappa shape index (κ1) is 14.4. The second kappa shape index (κ2) is 6.42. The summed E-state index contributed by atoms with van der Waals surface area (Å²) in [5, 5.41) is 13.3. The third kappa shape index (κ3) is 3.97. The van der Waals surface area contributed by atoms with Crippen LogP contribution in [-0.4, -0.2) is 10.8 Å². The number of rotatable bonds is 4. The predicted molar refractivity (Wildman–Crippen MR) is 77.2 cm³/mol. The maximum Gasteiger partial charge on any atom is 0.276 e. The van der Waals surface area contributed by atoms with Gasteiger partial charge in [0.1, 0.15) is 5.82 Å². The molecule has 0 aliphatic carbocycles. The summed E-state index contributed by atoms with van der Waals surface area (Å²) in [6.45, 7) is 0. The lowest BCUT2D eigenvalue weighted by atomic mass is 10.1. The Labute approximate surface area is 119 Å². The molecular weight excluding hydrogens is 275 g/mol. The first-order valence-electron chi connectivity index (χ1n) is 6.04. The monoisotopic (exact) mass is 286 g/mol. The Balaban J connectivity index is 2.11. The quantitative estimate of drug-likeness (QED) is 0.532. The highest BCUT2D eigenvalue weighted by molar-refractivity contribution is 6.02. The molecule has 21 heavy (non-hydrogen) atoms. The van der Waals surface area contributed by atoms with Crippen molar-refractivity contribution >= 4 is 23.4 Å². The standard InChI is InChI=1S/C15H11FN2O3/c16-12-5-3-6-13(10-12)17-15(19)9-8-11-4-1-2-7-14(11)18(20)21/h1-10H,(H,17,19). The SMILES string of the molecule is O=C(C=Cc1ccccc1[N+](=O)[O-])Nc1cccc(F)c1. The van der Waals surface area contributed by atoms with Crippen LogP contribution in [0, 0.1) is 15.9 Å². The summed E-state index contributed by atoms with van der Waals surface area (Å²) >= 11 is 0. The van der Waals surface area contributed by atoms with E-state index in [1.54, 1.807) is 18.2 Å². The van der Waals surface area contributed by atoms with Gasteiger partial charge in [0.2, 0.25) is 5.91 Å². The third-order valence-corrected chi connectivity index (χ3v) is 2.64. The molecule has 0 unspecified atom stereocenters. The molecule has 0 heterocycles. The van der Waals surface area contributed by atoms with E-state index in [0.717, 1.165) is 6.08 Å². The maximum absolute atomic E-state index is 13.0. The minimum absolute atomic E-state index is 0.0905. The van der Waals surface area contributed by atoms with Crippen LogP contribution in [-0.2, 0) is 4.79 Å². The molecule has 0 saturated heterocycles. The van der Waals surface area contributed by atoms with Gasteiger partial charge in [-0.25, -0.2) is 4.39 Å². The number of nitrogens with one attached hydrogen (secondary N) is 1. The average molecular weight is 286 g/mol. The van der Waals surface area contributed by atoms with Gasteiger partial charge in [0.25, 0.3) is 5.69 Å². The average Bonchev–Trinajstić information content (AvgIpc) is 2.45. The Morgan fingerprint density at radius 2 is 1.95 bits per heavy atom. The van der Waals surface area contributed by atoms with E-state index in [9.17, 15) is 19.3 Å². The van der Waals surface area contributed by atoms with Crippen molar-refractivity contribution < 1.29 is 14.1 Å². The van der Waals surface area contributed by atoms with Gasteiger partial charge in [-0.1, -0.05) is 18.2 Å². The van der Waals surface area contributed by atoms with Gasteiger partial charge in [-0.3, -0.25) is 14.9 Å². The molecule has 0 saturated carbocycles. The van der Waals surface area contributed by atoms with Gasteiger partial charge in [0, 0.05) is 17.8 Å². The van der Waals surface area contributed by atoms with Crippen LogP contribution in [0.1, 0.15) is 5.56 Å². The maximum atomic E-state index is 13.0. The summed E-state index contributed by atoms with van der Waals surface area (Å²) in [4.78, 5) is 22.0. The highest BCUT2D eigenvalue weighted by Crippen LogP contribution is 2.19. The molecule has 0 aromatic heterocycles. The molecule has 0 atom stereocenters. The summed E-state index contributed by atoms with van der Waals surface area (Å²) in [6, 6.07) is 11.5. The molecule has 0 aliphatic heterocycles. The molecular formula is C15H11FN2O3. The molecule has 2 rings (SSSR count). The molecule has 2 aromatic rings. The lowest BCUT2D eigenvalue weighted by molar-refractivity contribution is -0.385. The van der Waals surface area contributed by atoms with Gasteiger partial charge in [-0.2, -0.15) is 0 Å². The number of carbonyl (C=O) groups is 1. The first-order valence-corrected chi connectivity index (χ1v) is 6.04. The van der Waals surface area contributed by atoms with E-state index in [1.807, 2.05) is 0 Å². The first-order chi connectivity index (χ1) is 10.1. The Hall–Kier alpha value is -3.02. The number of nitro groups is 1. The van der Waals surface area contributed by atoms with Crippen LogP contribution >= 0.6 is 0 Å². The number of amides is 1. The number of carbonyl (C=O) groups excluding carboxylic acids is 1. The van der Waals surface area contributed by atoms with Crippen molar-refractivity contribution in [3.8, 4) is 0 Å². The number of para-hydroxylation sites is 1. The van der Waals surface area contributed by atoms with Gasteiger partial charge >= 0.3 is 0 Å². The minimum atomic E-state index is -0.524. The fourth-order valence-electron chi connectivity index (χ4n) is 1.71. The number of nitro benzene ring substituents is 1. The number of halogens is 1. The number of benzene rings is 2. The number of hydrogen-bond donors (Lipinski definition) is 1. The van der Waals surface area contributed by atoms with E-state index in [4.69, 9.17) is 0 Å². The van der Waals surface area contributed by atoms with Crippen molar-refractivity contribution in [3.05, 3.63) is 76.1 Å². The van der Waals surface area contributed by atoms with Crippen LogP contribution < -0.4 is 5.32 Å². The summed E-state index contributed by atoms with van der Waals surface area (Å²) in [6.07, 6.45) is 2.50. The van der Waals surface area contributed by atoms with E-state index in [-0.39, 0.29) is 5.69 Å². The largest absolute Gasteiger partial charge is 0.322 e. The van der Waals surface area contributed by atoms with Gasteiger partial charge in [0.15, 0.2) is 0 Å². The van der Waals surface area contributed by atoms with Crippen molar-refractivity contribution in [1.29, 1.82) is 0 Å². The van der Waals surface area contributed by atoms with Crippen molar-refractivity contribution in [2.75, 3.05) is 5.32 Å². The number of nitrogens with zero attached hydrogens (tertiary/aromatic N) is 1. The lowest BCUT2D eigenvalue weighted by Crippen LogP contribution is -2.07. The van der Waals surface area contributed by atoms with Crippen LogP contribution in [0.2, 0.25) is 0 Å². The summed E-state index contributed by atoms with van der Waals surface area (Å²) in [5.41, 5.74) is 0.538. The highest BCUT2D eigenvalue weighted by atomic mass is 19.1. The molecule has 0 aliphatic rings. The Morgan fingerprint density at radius 3 is 2.67 bits per heavy atom. The molecule has 0 spiro atoms. The van der Waals surface area contributed by atoms with E-state index in [2.05, 4.69) is 5.32 Å². The Bertz CT molecular complexity index is 714. The molecule has 106 valence electrons. The van der Waals surface area contributed by atoms with Crippen molar-refractivity contribution in [3.63, 3.8) is 0 Å². The second-order valence-corrected chi connectivity index (χ2v) is 4.15. The van der Waals surface area contributed by atoms with Gasteiger partial charge in [-0.15, -0.1) is 0 Å². The zero-order valence-corrected chi connectivity index (χ0v) is 10.8. The van der Waals surface area contributed by atoms with E-state index in [0.29, 0.717) is 11.3 Å². The zero-order chi connectivity index (χ0) is 15.2. The molecule has 6 heteroatoms. The van der Waals surface area contributed by atoms with E-state index in [1.165, 1.54) is 36.4 Å². The molecule has 1 amide bonds.